The minimum absolute atomic E-state index is 0.238. The summed E-state index contributed by atoms with van der Waals surface area (Å²) in [6.45, 7) is 1.25. The topological polar surface area (TPSA) is 40.5 Å². The Labute approximate surface area is 88.9 Å². The van der Waals surface area contributed by atoms with Gasteiger partial charge in [0.1, 0.15) is 0 Å². The summed E-state index contributed by atoms with van der Waals surface area (Å²) in [7, 11) is 0. The molecule has 0 radical (unpaired) electrons. The number of nitrogens with zero attached hydrogens (tertiary/aromatic N) is 1. The number of carboxylic acid groups (broad SMARTS) is 1. The van der Waals surface area contributed by atoms with Gasteiger partial charge in [-0.1, -0.05) is 0 Å². The van der Waals surface area contributed by atoms with E-state index >= 15 is 0 Å². The molecule has 0 aromatic heterocycles. The molecule has 1 unspecified atom stereocenters. The second kappa shape index (κ2) is 4.53. The Balaban J connectivity index is 1.85. The first-order valence-corrected chi connectivity index (χ1v) is 6.45. The van der Waals surface area contributed by atoms with E-state index in [1.165, 1.54) is 25.0 Å². The van der Waals surface area contributed by atoms with Crippen LogP contribution in [0.15, 0.2) is 0 Å². The third-order valence-electron chi connectivity index (χ3n) is 2.95. The SMILES string of the molecule is O=C(O)CN(CC1CC1)C1CCSC1. The van der Waals surface area contributed by atoms with Gasteiger partial charge in [-0.3, -0.25) is 9.69 Å². The second-order valence-electron chi connectivity index (χ2n) is 4.28. The van der Waals surface area contributed by atoms with Crippen molar-refractivity contribution < 1.29 is 9.90 Å². The number of carboxylic acids is 1. The van der Waals surface area contributed by atoms with Gasteiger partial charge >= 0.3 is 5.97 Å². The Morgan fingerprint density at radius 1 is 1.43 bits per heavy atom. The van der Waals surface area contributed by atoms with Crippen molar-refractivity contribution >= 4 is 17.7 Å². The Hall–Kier alpha value is -0.220. The smallest absolute Gasteiger partial charge is 0.317 e. The molecule has 1 atom stereocenters. The summed E-state index contributed by atoms with van der Waals surface area (Å²) in [5.41, 5.74) is 0. The van der Waals surface area contributed by atoms with Gasteiger partial charge in [0.05, 0.1) is 6.54 Å². The highest BCUT2D eigenvalue weighted by atomic mass is 32.2. The molecule has 1 aliphatic carbocycles. The first kappa shape index (κ1) is 10.3. The number of thioether (sulfide) groups is 1. The Morgan fingerprint density at radius 2 is 2.21 bits per heavy atom. The Kier molecular flexibility index (Phi) is 3.34. The number of aliphatic carboxylic acids is 1. The Morgan fingerprint density at radius 3 is 2.71 bits per heavy atom. The van der Waals surface area contributed by atoms with Gasteiger partial charge in [0.25, 0.3) is 0 Å². The van der Waals surface area contributed by atoms with Crippen molar-refractivity contribution in [3.8, 4) is 0 Å². The third kappa shape index (κ3) is 2.89. The van der Waals surface area contributed by atoms with Crippen molar-refractivity contribution in [1.29, 1.82) is 0 Å². The molecule has 80 valence electrons. The van der Waals surface area contributed by atoms with Crippen LogP contribution in [0.25, 0.3) is 0 Å². The van der Waals surface area contributed by atoms with Gasteiger partial charge in [0.2, 0.25) is 0 Å². The minimum atomic E-state index is -0.678. The summed E-state index contributed by atoms with van der Waals surface area (Å²) < 4.78 is 0. The lowest BCUT2D eigenvalue weighted by atomic mass is 10.2. The summed E-state index contributed by atoms with van der Waals surface area (Å²) in [5, 5.41) is 8.83. The van der Waals surface area contributed by atoms with E-state index in [0.717, 1.165) is 18.2 Å². The van der Waals surface area contributed by atoms with E-state index in [4.69, 9.17) is 5.11 Å². The molecular weight excluding hydrogens is 198 g/mol. The van der Waals surface area contributed by atoms with E-state index in [1.54, 1.807) is 0 Å². The van der Waals surface area contributed by atoms with Crippen molar-refractivity contribution in [3.05, 3.63) is 0 Å². The molecule has 0 spiro atoms. The highest BCUT2D eigenvalue weighted by molar-refractivity contribution is 7.99. The summed E-state index contributed by atoms with van der Waals surface area (Å²) in [4.78, 5) is 12.9. The fraction of sp³-hybridized carbons (Fsp3) is 0.900. The Bertz CT molecular complexity index is 212. The van der Waals surface area contributed by atoms with Crippen LogP contribution in [0.2, 0.25) is 0 Å². The average molecular weight is 215 g/mol. The molecule has 1 heterocycles. The molecule has 4 heteroatoms. The predicted molar refractivity (Wildman–Crippen MR) is 57.7 cm³/mol. The van der Waals surface area contributed by atoms with Gasteiger partial charge in [0.15, 0.2) is 0 Å². The fourth-order valence-electron chi connectivity index (χ4n) is 1.96. The molecule has 14 heavy (non-hydrogen) atoms. The van der Waals surface area contributed by atoms with Crippen LogP contribution in [0.1, 0.15) is 19.3 Å². The van der Waals surface area contributed by atoms with Crippen LogP contribution in [-0.2, 0) is 4.79 Å². The quantitative estimate of drug-likeness (QED) is 0.750. The molecular formula is C10H17NO2S. The molecule has 0 aromatic carbocycles. The van der Waals surface area contributed by atoms with E-state index in [1.807, 2.05) is 11.8 Å². The van der Waals surface area contributed by atoms with Gasteiger partial charge < -0.3 is 5.11 Å². The predicted octanol–water partition coefficient (Wildman–Crippen LogP) is 1.29. The summed E-state index contributed by atoms with van der Waals surface area (Å²) in [6.07, 6.45) is 3.77. The van der Waals surface area contributed by atoms with Gasteiger partial charge in [-0.15, -0.1) is 0 Å². The fourth-order valence-corrected chi connectivity index (χ4v) is 3.21. The van der Waals surface area contributed by atoms with Crippen LogP contribution in [-0.4, -0.2) is 46.6 Å². The molecule has 2 aliphatic rings. The largest absolute Gasteiger partial charge is 0.480 e. The van der Waals surface area contributed by atoms with Crippen LogP contribution >= 0.6 is 11.8 Å². The molecule has 0 aromatic rings. The van der Waals surface area contributed by atoms with Crippen molar-refractivity contribution in [2.75, 3.05) is 24.6 Å². The zero-order valence-electron chi connectivity index (χ0n) is 8.32. The molecule has 0 amide bonds. The van der Waals surface area contributed by atoms with Crippen molar-refractivity contribution in [2.45, 2.75) is 25.3 Å². The number of carbonyl (C=O) groups is 1. The van der Waals surface area contributed by atoms with E-state index in [0.29, 0.717) is 6.04 Å². The maximum absolute atomic E-state index is 10.7. The maximum Gasteiger partial charge on any atom is 0.317 e. The van der Waals surface area contributed by atoms with Crippen LogP contribution in [0.5, 0.6) is 0 Å². The monoisotopic (exact) mass is 215 g/mol. The number of hydrogen-bond acceptors (Lipinski definition) is 3. The van der Waals surface area contributed by atoms with Crippen LogP contribution in [0.3, 0.4) is 0 Å². The lowest BCUT2D eigenvalue weighted by molar-refractivity contribution is -0.138. The molecule has 3 nitrogen and oxygen atoms in total. The average Bonchev–Trinajstić information content (AvgIpc) is 2.79. The number of rotatable bonds is 5. The van der Waals surface area contributed by atoms with Gasteiger partial charge in [-0.05, 0) is 30.9 Å². The lowest BCUT2D eigenvalue weighted by Gasteiger charge is -2.26. The van der Waals surface area contributed by atoms with Crippen LogP contribution in [0.4, 0.5) is 0 Å². The van der Waals surface area contributed by atoms with Gasteiger partial charge in [-0.25, -0.2) is 0 Å². The van der Waals surface area contributed by atoms with E-state index in [-0.39, 0.29) is 6.54 Å². The normalized spacial score (nSPS) is 27.1. The molecule has 1 N–H and O–H groups in total. The van der Waals surface area contributed by atoms with Crippen molar-refractivity contribution in [1.82, 2.24) is 4.90 Å². The second-order valence-corrected chi connectivity index (χ2v) is 5.43. The van der Waals surface area contributed by atoms with E-state index in [9.17, 15) is 4.79 Å². The van der Waals surface area contributed by atoms with E-state index < -0.39 is 5.97 Å². The number of hydrogen-bond donors (Lipinski definition) is 1. The summed E-state index contributed by atoms with van der Waals surface area (Å²) in [5.74, 6) is 2.44. The highest BCUT2D eigenvalue weighted by Gasteiger charge is 2.30. The van der Waals surface area contributed by atoms with Gasteiger partial charge in [-0.2, -0.15) is 11.8 Å². The standard InChI is InChI=1S/C10H17NO2S/c12-10(13)6-11(5-8-1-2-8)9-3-4-14-7-9/h8-9H,1-7H2,(H,12,13). The van der Waals surface area contributed by atoms with Gasteiger partial charge in [0, 0.05) is 18.3 Å². The maximum atomic E-state index is 10.7. The first-order valence-electron chi connectivity index (χ1n) is 5.29. The molecule has 0 bridgehead atoms. The third-order valence-corrected chi connectivity index (χ3v) is 4.09. The zero-order chi connectivity index (χ0) is 9.97. The molecule has 1 aliphatic heterocycles. The molecule has 2 fully saturated rings. The molecule has 1 saturated heterocycles. The van der Waals surface area contributed by atoms with E-state index in [2.05, 4.69) is 4.90 Å². The summed E-state index contributed by atoms with van der Waals surface area (Å²) >= 11 is 1.95. The molecule has 1 saturated carbocycles. The highest BCUT2D eigenvalue weighted by Crippen LogP contribution is 2.32. The molecule has 2 rings (SSSR count). The lowest BCUT2D eigenvalue weighted by Crippen LogP contribution is -2.40. The summed E-state index contributed by atoms with van der Waals surface area (Å²) in [6, 6.07) is 0.525. The zero-order valence-corrected chi connectivity index (χ0v) is 9.13. The van der Waals surface area contributed by atoms with Crippen LogP contribution < -0.4 is 0 Å². The van der Waals surface area contributed by atoms with Crippen molar-refractivity contribution in [2.24, 2.45) is 5.92 Å². The van der Waals surface area contributed by atoms with Crippen LogP contribution in [0, 0.1) is 5.92 Å². The van der Waals surface area contributed by atoms with Crippen molar-refractivity contribution in [3.63, 3.8) is 0 Å². The first-order chi connectivity index (χ1) is 6.75. The minimum Gasteiger partial charge on any atom is -0.480 e.